The van der Waals surface area contributed by atoms with Gasteiger partial charge >= 0.3 is 0 Å². The summed E-state index contributed by atoms with van der Waals surface area (Å²) in [6.45, 7) is 4.02. The van der Waals surface area contributed by atoms with Crippen LogP contribution in [0, 0.1) is 11.7 Å². The van der Waals surface area contributed by atoms with Crippen LogP contribution in [0.4, 0.5) is 4.39 Å². The van der Waals surface area contributed by atoms with Gasteiger partial charge in [0.05, 0.1) is 24.3 Å². The van der Waals surface area contributed by atoms with E-state index in [-0.39, 0.29) is 5.82 Å². The van der Waals surface area contributed by atoms with Crippen LogP contribution in [0.3, 0.4) is 0 Å². The molecule has 0 amide bonds. The van der Waals surface area contributed by atoms with Crippen LogP contribution in [0.15, 0.2) is 67.0 Å². The first kappa shape index (κ1) is 22.5. The normalized spacial score (nSPS) is 15.1. The Labute approximate surface area is 200 Å². The number of hydrogen-bond donors (Lipinski definition) is 0. The molecule has 2 aromatic heterocycles. The van der Waals surface area contributed by atoms with Gasteiger partial charge in [0.1, 0.15) is 17.4 Å². The number of methoxy groups -OCH3 is 1. The number of benzene rings is 2. The van der Waals surface area contributed by atoms with E-state index < -0.39 is 0 Å². The van der Waals surface area contributed by atoms with Gasteiger partial charge in [-0.3, -0.25) is 4.98 Å². The van der Waals surface area contributed by atoms with Gasteiger partial charge in [-0.05, 0) is 79.7 Å². The molecule has 1 aliphatic heterocycles. The van der Waals surface area contributed by atoms with Gasteiger partial charge in [0.2, 0.25) is 0 Å². The standard InChI is InChI=1S/C28H31FN4O/c1-34-25-8-4-21(5-9-25)11-15-32-16-12-22(13-17-32)18-28-31-26-10-14-30-19-27(26)33(28)20-23-2-6-24(29)7-3-23/h2-10,14,19,22H,11-13,15-18,20H2,1H3. The van der Waals surface area contributed by atoms with E-state index in [9.17, 15) is 4.39 Å². The molecule has 5 nitrogen and oxygen atoms in total. The molecule has 34 heavy (non-hydrogen) atoms. The lowest BCUT2D eigenvalue weighted by Crippen LogP contribution is -2.36. The molecular formula is C28H31FN4O. The van der Waals surface area contributed by atoms with Crippen molar-refractivity contribution in [3.05, 3.63) is 89.8 Å². The van der Waals surface area contributed by atoms with Crippen LogP contribution in [-0.4, -0.2) is 46.2 Å². The van der Waals surface area contributed by atoms with Crippen molar-refractivity contribution < 1.29 is 9.13 Å². The fraction of sp³-hybridized carbons (Fsp3) is 0.357. The van der Waals surface area contributed by atoms with Crippen LogP contribution in [0.25, 0.3) is 11.0 Å². The minimum atomic E-state index is -0.208. The molecule has 5 rings (SSSR count). The highest BCUT2D eigenvalue weighted by Crippen LogP contribution is 2.25. The maximum Gasteiger partial charge on any atom is 0.123 e. The van der Waals surface area contributed by atoms with E-state index in [1.807, 2.05) is 36.5 Å². The number of fused-ring (bicyclic) bond motifs is 1. The molecular weight excluding hydrogens is 427 g/mol. The lowest BCUT2D eigenvalue weighted by Gasteiger charge is -2.32. The Bertz CT molecular complexity index is 1210. The van der Waals surface area contributed by atoms with Crippen molar-refractivity contribution in [1.29, 1.82) is 0 Å². The molecule has 0 spiro atoms. The number of ether oxygens (including phenoxy) is 1. The molecule has 0 unspecified atom stereocenters. The highest BCUT2D eigenvalue weighted by Gasteiger charge is 2.22. The van der Waals surface area contributed by atoms with Gasteiger partial charge in [-0.25, -0.2) is 9.37 Å². The summed E-state index contributed by atoms with van der Waals surface area (Å²) in [4.78, 5) is 11.9. The van der Waals surface area contributed by atoms with Crippen molar-refractivity contribution in [2.24, 2.45) is 5.92 Å². The summed E-state index contributed by atoms with van der Waals surface area (Å²) in [7, 11) is 1.70. The third-order valence-electron chi connectivity index (χ3n) is 6.94. The van der Waals surface area contributed by atoms with Crippen molar-refractivity contribution >= 4 is 11.0 Å². The van der Waals surface area contributed by atoms with Crippen molar-refractivity contribution in [2.75, 3.05) is 26.7 Å². The Morgan fingerprint density at radius 3 is 2.44 bits per heavy atom. The molecule has 1 saturated heterocycles. The van der Waals surface area contributed by atoms with Crippen LogP contribution in [0.2, 0.25) is 0 Å². The monoisotopic (exact) mass is 458 g/mol. The molecule has 4 aromatic rings. The zero-order chi connectivity index (χ0) is 23.3. The van der Waals surface area contributed by atoms with Crippen molar-refractivity contribution in [1.82, 2.24) is 19.4 Å². The SMILES string of the molecule is COc1ccc(CCN2CCC(Cc3nc4ccncc4n3Cc3ccc(F)cc3)CC2)cc1. The summed E-state index contributed by atoms with van der Waals surface area (Å²) in [6, 6.07) is 17.1. The lowest BCUT2D eigenvalue weighted by atomic mass is 9.93. The molecule has 1 fully saturated rings. The maximum atomic E-state index is 13.4. The highest BCUT2D eigenvalue weighted by atomic mass is 19.1. The van der Waals surface area contributed by atoms with E-state index >= 15 is 0 Å². The average molecular weight is 459 g/mol. The van der Waals surface area contributed by atoms with Crippen molar-refractivity contribution in [3.63, 3.8) is 0 Å². The zero-order valence-electron chi connectivity index (χ0n) is 19.7. The molecule has 3 heterocycles. The minimum absolute atomic E-state index is 0.208. The number of aromatic nitrogens is 3. The Hall–Kier alpha value is -3.25. The fourth-order valence-electron chi connectivity index (χ4n) is 4.88. The zero-order valence-corrected chi connectivity index (χ0v) is 19.7. The molecule has 1 aliphatic rings. The molecule has 0 bridgehead atoms. The molecule has 176 valence electrons. The second-order valence-electron chi connectivity index (χ2n) is 9.19. The number of imidazole rings is 1. The van der Waals surface area contributed by atoms with Crippen molar-refractivity contribution in [2.45, 2.75) is 32.2 Å². The summed E-state index contributed by atoms with van der Waals surface area (Å²) < 4.78 is 20.9. The second kappa shape index (κ2) is 10.3. The average Bonchev–Trinajstić information content (AvgIpc) is 3.22. The van der Waals surface area contributed by atoms with Gasteiger partial charge in [-0.2, -0.15) is 0 Å². The van der Waals surface area contributed by atoms with Crippen molar-refractivity contribution in [3.8, 4) is 5.75 Å². The number of halogens is 1. The van der Waals surface area contributed by atoms with Crippen LogP contribution in [0.5, 0.6) is 5.75 Å². The van der Waals surface area contributed by atoms with Crippen LogP contribution >= 0.6 is 0 Å². The molecule has 0 radical (unpaired) electrons. The highest BCUT2D eigenvalue weighted by molar-refractivity contribution is 5.74. The first-order valence-electron chi connectivity index (χ1n) is 12.1. The van der Waals surface area contributed by atoms with Gasteiger partial charge in [-0.15, -0.1) is 0 Å². The van der Waals surface area contributed by atoms with E-state index in [0.29, 0.717) is 12.5 Å². The third-order valence-corrected chi connectivity index (χ3v) is 6.94. The minimum Gasteiger partial charge on any atom is -0.497 e. The predicted molar refractivity (Wildman–Crippen MR) is 133 cm³/mol. The number of hydrogen-bond acceptors (Lipinski definition) is 4. The Balaban J connectivity index is 1.21. The molecule has 0 saturated carbocycles. The molecule has 0 N–H and O–H groups in total. The van der Waals surface area contributed by atoms with E-state index in [1.54, 1.807) is 13.3 Å². The van der Waals surface area contributed by atoms with Gasteiger partial charge < -0.3 is 14.2 Å². The van der Waals surface area contributed by atoms with E-state index in [2.05, 4.69) is 26.6 Å². The van der Waals surface area contributed by atoms with Crippen LogP contribution < -0.4 is 4.74 Å². The predicted octanol–water partition coefficient (Wildman–Crippen LogP) is 5.12. The van der Waals surface area contributed by atoms with Gasteiger partial charge in [-0.1, -0.05) is 24.3 Å². The quantitative estimate of drug-likeness (QED) is 0.367. The van der Waals surface area contributed by atoms with Gasteiger partial charge in [0.25, 0.3) is 0 Å². The summed E-state index contributed by atoms with van der Waals surface area (Å²) in [5.74, 6) is 2.42. The largest absolute Gasteiger partial charge is 0.497 e. The Kier molecular flexibility index (Phi) is 6.86. The van der Waals surface area contributed by atoms with E-state index in [4.69, 9.17) is 9.72 Å². The Morgan fingerprint density at radius 1 is 0.971 bits per heavy atom. The maximum absolute atomic E-state index is 13.4. The fourth-order valence-corrected chi connectivity index (χ4v) is 4.88. The molecule has 2 aromatic carbocycles. The molecule has 0 atom stereocenters. The van der Waals surface area contributed by atoms with Crippen LogP contribution in [0.1, 0.15) is 29.8 Å². The number of pyridine rings is 1. The first-order chi connectivity index (χ1) is 16.7. The number of rotatable bonds is 8. The summed E-state index contributed by atoms with van der Waals surface area (Å²) in [5, 5.41) is 0. The van der Waals surface area contributed by atoms with Gasteiger partial charge in [0, 0.05) is 25.7 Å². The molecule has 0 aliphatic carbocycles. The summed E-state index contributed by atoms with van der Waals surface area (Å²) in [5.41, 5.74) is 4.44. The number of nitrogens with zero attached hydrogens (tertiary/aromatic N) is 4. The van der Waals surface area contributed by atoms with Gasteiger partial charge in [0.15, 0.2) is 0 Å². The van der Waals surface area contributed by atoms with E-state index in [1.165, 1.54) is 30.5 Å². The smallest absolute Gasteiger partial charge is 0.123 e. The summed E-state index contributed by atoms with van der Waals surface area (Å²) in [6.07, 6.45) is 8.07. The molecule has 6 heteroatoms. The summed E-state index contributed by atoms with van der Waals surface area (Å²) >= 11 is 0. The van der Waals surface area contributed by atoms with E-state index in [0.717, 1.165) is 60.6 Å². The van der Waals surface area contributed by atoms with Crippen LogP contribution in [-0.2, 0) is 19.4 Å². The topological polar surface area (TPSA) is 43.2 Å². The third kappa shape index (κ3) is 5.28. The first-order valence-corrected chi connectivity index (χ1v) is 12.1. The number of piperidine rings is 1. The number of likely N-dealkylation sites (tertiary alicyclic amines) is 1. The lowest BCUT2D eigenvalue weighted by molar-refractivity contribution is 0.184. The second-order valence-corrected chi connectivity index (χ2v) is 9.19. The Morgan fingerprint density at radius 2 is 1.71 bits per heavy atom.